The second kappa shape index (κ2) is 8.65. The Morgan fingerprint density at radius 2 is 1.75 bits per heavy atom. The lowest BCUT2D eigenvalue weighted by Crippen LogP contribution is -2.37. The van der Waals surface area contributed by atoms with E-state index < -0.39 is 6.36 Å². The van der Waals surface area contributed by atoms with Crippen molar-refractivity contribution in [2.24, 2.45) is 0 Å². The van der Waals surface area contributed by atoms with Crippen LogP contribution < -0.4 is 4.74 Å². The van der Waals surface area contributed by atoms with E-state index in [0.29, 0.717) is 5.75 Å². The molecule has 0 aromatic heterocycles. The lowest BCUT2D eigenvalue weighted by atomic mass is 10.2. The maximum Gasteiger partial charge on any atom is 0.573 e. The van der Waals surface area contributed by atoms with Crippen LogP contribution in [0.1, 0.15) is 38.2 Å². The lowest BCUT2D eigenvalue weighted by Gasteiger charge is -2.23. The highest BCUT2D eigenvalue weighted by Gasteiger charge is 2.31. The van der Waals surface area contributed by atoms with Gasteiger partial charge in [-0.25, -0.2) is 0 Å². The number of rotatable bonds is 5. The number of hydrogen-bond donors (Lipinski definition) is 0. The van der Waals surface area contributed by atoms with E-state index in [9.17, 15) is 18.0 Å². The number of benzene rings is 1. The third-order valence-electron chi connectivity index (χ3n) is 3.92. The summed E-state index contributed by atoms with van der Waals surface area (Å²) >= 11 is 1.50. The molecule has 0 bridgehead atoms. The zero-order valence-electron chi connectivity index (χ0n) is 13.6. The molecule has 0 radical (unpaired) electrons. The number of carbonyl (C=O) groups is 1. The van der Waals surface area contributed by atoms with Gasteiger partial charge >= 0.3 is 6.36 Å². The fourth-order valence-corrected chi connectivity index (χ4v) is 3.55. The molecule has 134 valence electrons. The monoisotopic (exact) mass is 361 g/mol. The van der Waals surface area contributed by atoms with E-state index in [4.69, 9.17) is 0 Å². The van der Waals surface area contributed by atoms with Gasteiger partial charge in [0.15, 0.2) is 0 Å². The van der Waals surface area contributed by atoms with Gasteiger partial charge in [-0.1, -0.05) is 25.0 Å². The molecule has 1 aromatic rings. The molecular weight excluding hydrogens is 339 g/mol. The van der Waals surface area contributed by atoms with E-state index in [1.807, 2.05) is 11.8 Å². The molecule has 1 amide bonds. The molecule has 0 spiro atoms. The molecule has 3 nitrogen and oxygen atoms in total. The average Bonchev–Trinajstić information content (AvgIpc) is 2.81. The second-order valence-corrected chi connectivity index (χ2v) is 7.21. The molecule has 0 aliphatic carbocycles. The molecular formula is C17H22F3NO2S. The number of amides is 1. The minimum Gasteiger partial charge on any atom is -0.406 e. The number of likely N-dealkylation sites (tertiary alicyclic amines) is 1. The first-order chi connectivity index (χ1) is 11.3. The number of ether oxygens (including phenoxy) is 1. The van der Waals surface area contributed by atoms with E-state index >= 15 is 0 Å². The van der Waals surface area contributed by atoms with Crippen LogP contribution >= 0.6 is 11.8 Å². The Labute approximate surface area is 144 Å². The number of halogens is 3. The molecule has 2 rings (SSSR count). The Hall–Kier alpha value is -1.37. The molecule has 1 heterocycles. The fourth-order valence-electron chi connectivity index (χ4n) is 2.63. The van der Waals surface area contributed by atoms with Crippen LogP contribution in [-0.4, -0.2) is 35.5 Å². The van der Waals surface area contributed by atoms with Crippen molar-refractivity contribution in [2.45, 2.75) is 50.0 Å². The first-order valence-electron chi connectivity index (χ1n) is 8.10. The number of alkyl halides is 3. The van der Waals surface area contributed by atoms with Crippen molar-refractivity contribution in [2.75, 3.05) is 13.1 Å². The summed E-state index contributed by atoms with van der Waals surface area (Å²) in [5.41, 5.74) is 0.866. The van der Waals surface area contributed by atoms with Gasteiger partial charge in [-0.2, -0.15) is 0 Å². The lowest BCUT2D eigenvalue weighted by molar-refractivity contribution is -0.274. The predicted molar refractivity (Wildman–Crippen MR) is 88.9 cm³/mol. The zero-order chi connectivity index (χ0) is 17.6. The number of thioether (sulfide) groups is 1. The fraction of sp³-hybridized carbons (Fsp3) is 0.588. The van der Waals surface area contributed by atoms with Gasteiger partial charge < -0.3 is 9.64 Å². The van der Waals surface area contributed by atoms with Crippen LogP contribution in [0.5, 0.6) is 5.75 Å². The van der Waals surface area contributed by atoms with Crippen molar-refractivity contribution in [3.63, 3.8) is 0 Å². The van der Waals surface area contributed by atoms with Crippen LogP contribution in [0.2, 0.25) is 0 Å². The first-order valence-corrected chi connectivity index (χ1v) is 9.15. The summed E-state index contributed by atoms with van der Waals surface area (Å²) in [5, 5.41) is -0.158. The normalized spacial score (nSPS) is 17.2. The second-order valence-electron chi connectivity index (χ2n) is 5.88. The Balaban J connectivity index is 1.82. The van der Waals surface area contributed by atoms with Crippen molar-refractivity contribution >= 4 is 17.7 Å². The SMILES string of the molecule is CC(SCc1ccc(OC(F)(F)F)cc1)C(=O)N1CCCCCC1. The molecule has 1 fully saturated rings. The van der Waals surface area contributed by atoms with Crippen LogP contribution in [0.3, 0.4) is 0 Å². The van der Waals surface area contributed by atoms with E-state index in [1.165, 1.54) is 36.7 Å². The quantitative estimate of drug-likeness (QED) is 0.767. The van der Waals surface area contributed by atoms with Crippen molar-refractivity contribution in [1.29, 1.82) is 0 Å². The molecule has 24 heavy (non-hydrogen) atoms. The molecule has 0 N–H and O–H groups in total. The Kier molecular flexibility index (Phi) is 6.83. The highest BCUT2D eigenvalue weighted by molar-refractivity contribution is 7.99. The third-order valence-corrected chi connectivity index (χ3v) is 5.12. The summed E-state index contributed by atoms with van der Waals surface area (Å²) in [6, 6.07) is 5.78. The summed E-state index contributed by atoms with van der Waals surface area (Å²) < 4.78 is 40.2. The highest BCUT2D eigenvalue weighted by atomic mass is 32.2. The van der Waals surface area contributed by atoms with Crippen LogP contribution in [0, 0.1) is 0 Å². The molecule has 1 aliphatic rings. The van der Waals surface area contributed by atoms with Crippen molar-refractivity contribution in [1.82, 2.24) is 4.90 Å². The molecule has 1 unspecified atom stereocenters. The molecule has 0 saturated carbocycles. The Morgan fingerprint density at radius 1 is 1.17 bits per heavy atom. The molecule has 7 heteroatoms. The van der Waals surface area contributed by atoms with Gasteiger partial charge in [0.05, 0.1) is 5.25 Å². The summed E-state index contributed by atoms with van der Waals surface area (Å²) in [7, 11) is 0. The standard InChI is InChI=1S/C17H22F3NO2S/c1-13(16(22)21-10-4-2-3-5-11-21)24-12-14-6-8-15(9-7-14)23-17(18,19)20/h6-9,13H,2-5,10-12H2,1H3. The largest absolute Gasteiger partial charge is 0.573 e. The van der Waals surface area contributed by atoms with Crippen molar-refractivity contribution in [3.8, 4) is 5.75 Å². The van der Waals surface area contributed by atoms with Crippen LogP contribution in [0.4, 0.5) is 13.2 Å². The van der Waals surface area contributed by atoms with Gasteiger partial charge in [0.1, 0.15) is 5.75 Å². The summed E-state index contributed by atoms with van der Waals surface area (Å²) in [5.74, 6) is 0.497. The predicted octanol–water partition coefficient (Wildman–Crippen LogP) is 4.61. The average molecular weight is 361 g/mol. The highest BCUT2D eigenvalue weighted by Crippen LogP contribution is 2.25. The molecule has 1 atom stereocenters. The number of hydrogen-bond acceptors (Lipinski definition) is 3. The van der Waals surface area contributed by atoms with Crippen molar-refractivity contribution in [3.05, 3.63) is 29.8 Å². The van der Waals surface area contributed by atoms with Gasteiger partial charge in [0.25, 0.3) is 0 Å². The van der Waals surface area contributed by atoms with E-state index in [0.717, 1.165) is 31.5 Å². The van der Waals surface area contributed by atoms with Crippen molar-refractivity contribution < 1.29 is 22.7 Å². The van der Waals surface area contributed by atoms with Gasteiger partial charge in [-0.15, -0.1) is 24.9 Å². The third kappa shape index (κ3) is 6.26. The smallest absolute Gasteiger partial charge is 0.406 e. The van der Waals surface area contributed by atoms with Crippen LogP contribution in [0.15, 0.2) is 24.3 Å². The molecule has 1 aliphatic heterocycles. The minimum atomic E-state index is -4.68. The Bertz CT molecular complexity index is 526. The maximum absolute atomic E-state index is 12.4. The summed E-state index contributed by atoms with van der Waals surface area (Å²) in [6.07, 6.45) is -0.201. The summed E-state index contributed by atoms with van der Waals surface area (Å²) in [4.78, 5) is 14.4. The van der Waals surface area contributed by atoms with Gasteiger partial charge in [0, 0.05) is 18.8 Å². The molecule has 1 saturated heterocycles. The zero-order valence-corrected chi connectivity index (χ0v) is 14.5. The number of carbonyl (C=O) groups excluding carboxylic acids is 1. The summed E-state index contributed by atoms with van der Waals surface area (Å²) in [6.45, 7) is 3.54. The van der Waals surface area contributed by atoms with Crippen LogP contribution in [-0.2, 0) is 10.5 Å². The Morgan fingerprint density at radius 3 is 2.29 bits per heavy atom. The van der Waals surface area contributed by atoms with E-state index in [-0.39, 0.29) is 16.9 Å². The minimum absolute atomic E-state index is 0.152. The van der Waals surface area contributed by atoms with Gasteiger partial charge in [-0.3, -0.25) is 4.79 Å². The molecule has 1 aromatic carbocycles. The van der Waals surface area contributed by atoms with E-state index in [1.54, 1.807) is 12.1 Å². The van der Waals surface area contributed by atoms with Gasteiger partial charge in [-0.05, 0) is 37.5 Å². The number of nitrogens with zero attached hydrogens (tertiary/aromatic N) is 1. The van der Waals surface area contributed by atoms with Crippen LogP contribution in [0.25, 0.3) is 0 Å². The maximum atomic E-state index is 12.4. The van der Waals surface area contributed by atoms with Gasteiger partial charge in [0.2, 0.25) is 5.91 Å². The first kappa shape index (κ1) is 19.0. The topological polar surface area (TPSA) is 29.5 Å². The van der Waals surface area contributed by atoms with E-state index in [2.05, 4.69) is 4.74 Å².